The van der Waals surface area contributed by atoms with Gasteiger partial charge in [-0.3, -0.25) is 9.52 Å². The minimum atomic E-state index is -4.29. The highest BCUT2D eigenvalue weighted by atomic mass is 35.5. The van der Waals surface area contributed by atoms with Crippen LogP contribution in [0.15, 0.2) is 41.3 Å². The Morgan fingerprint density at radius 1 is 1.07 bits per heavy atom. The van der Waals surface area contributed by atoms with Crippen LogP contribution in [0, 0.1) is 5.82 Å². The molecule has 1 amide bonds. The van der Waals surface area contributed by atoms with Crippen molar-refractivity contribution in [3.8, 4) is 0 Å². The molecule has 1 aliphatic rings. The Bertz CT molecular complexity index is 1050. The highest BCUT2D eigenvalue weighted by Crippen LogP contribution is 2.25. The van der Waals surface area contributed by atoms with Crippen molar-refractivity contribution >= 4 is 39.2 Å². The van der Waals surface area contributed by atoms with E-state index in [1.54, 1.807) is 0 Å². The highest BCUT2D eigenvalue weighted by molar-refractivity contribution is 7.92. The van der Waals surface area contributed by atoms with Gasteiger partial charge in [-0.2, -0.15) is 0 Å². The predicted octanol–water partition coefficient (Wildman–Crippen LogP) is 3.21. The zero-order chi connectivity index (χ0) is 20.5. The van der Waals surface area contributed by atoms with Crippen LogP contribution in [0.2, 0.25) is 5.02 Å². The third-order valence-electron chi connectivity index (χ3n) is 4.33. The minimum Gasteiger partial charge on any atom is -0.478 e. The summed E-state index contributed by atoms with van der Waals surface area (Å²) in [5.74, 6) is -2.83. The molecule has 7 nitrogen and oxygen atoms in total. The van der Waals surface area contributed by atoms with E-state index >= 15 is 0 Å². The first-order chi connectivity index (χ1) is 13.2. The molecule has 0 aromatic heterocycles. The van der Waals surface area contributed by atoms with Gasteiger partial charge in [0.1, 0.15) is 5.82 Å². The lowest BCUT2D eigenvalue weighted by molar-refractivity contribution is 0.0697. The Morgan fingerprint density at radius 2 is 1.75 bits per heavy atom. The van der Waals surface area contributed by atoms with Gasteiger partial charge < -0.3 is 10.0 Å². The van der Waals surface area contributed by atoms with Crippen LogP contribution >= 0.6 is 11.6 Å². The van der Waals surface area contributed by atoms with Crippen LogP contribution in [0.3, 0.4) is 0 Å². The lowest BCUT2D eigenvalue weighted by atomic mass is 10.2. The fourth-order valence-corrected chi connectivity index (χ4v) is 4.18. The third kappa shape index (κ3) is 4.10. The first-order valence-electron chi connectivity index (χ1n) is 8.33. The van der Waals surface area contributed by atoms with Crippen molar-refractivity contribution in [2.24, 2.45) is 0 Å². The summed E-state index contributed by atoms with van der Waals surface area (Å²) in [4.78, 5) is 24.7. The number of carbonyl (C=O) groups excluding carboxylic acids is 1. The number of aromatic carboxylic acids is 1. The summed E-state index contributed by atoms with van der Waals surface area (Å²) in [5, 5.41) is 9.33. The number of benzene rings is 2. The van der Waals surface area contributed by atoms with Crippen molar-refractivity contribution in [1.82, 2.24) is 4.90 Å². The zero-order valence-electron chi connectivity index (χ0n) is 14.5. The monoisotopic (exact) mass is 426 g/mol. The Hall–Kier alpha value is -2.65. The summed E-state index contributed by atoms with van der Waals surface area (Å²) in [6.07, 6.45) is 1.69. The first-order valence-corrected chi connectivity index (χ1v) is 10.2. The number of hydrogen-bond donors (Lipinski definition) is 2. The molecule has 2 aromatic rings. The molecule has 10 heteroatoms. The molecule has 0 unspecified atom stereocenters. The van der Waals surface area contributed by atoms with Gasteiger partial charge in [-0.25, -0.2) is 17.6 Å². The van der Waals surface area contributed by atoms with E-state index in [1.807, 2.05) is 0 Å². The molecule has 0 spiro atoms. The maximum Gasteiger partial charge on any atom is 0.337 e. The summed E-state index contributed by atoms with van der Waals surface area (Å²) < 4.78 is 41.6. The molecule has 1 heterocycles. The standard InChI is InChI=1S/C18H16ClFN2O5S/c19-11-3-6-16(14(9-11)18(24)25)21-28(26,27)12-4-5-13(15(20)10-12)17(23)22-7-1-2-8-22/h3-6,9-10,21H,1-2,7-8H2,(H,24,25). The second-order valence-corrected chi connectivity index (χ2v) is 8.36. The van der Waals surface area contributed by atoms with Crippen molar-refractivity contribution in [3.63, 3.8) is 0 Å². The topological polar surface area (TPSA) is 104 Å². The van der Waals surface area contributed by atoms with Crippen molar-refractivity contribution in [3.05, 3.63) is 58.4 Å². The molecule has 2 N–H and O–H groups in total. The number of likely N-dealkylation sites (tertiary alicyclic amines) is 1. The number of carboxylic acids is 1. The molecule has 28 heavy (non-hydrogen) atoms. The summed E-state index contributed by atoms with van der Waals surface area (Å²) in [6, 6.07) is 6.58. The van der Waals surface area contributed by atoms with Crippen LogP contribution in [0.1, 0.15) is 33.6 Å². The number of sulfonamides is 1. The van der Waals surface area contributed by atoms with Gasteiger partial charge in [0.25, 0.3) is 15.9 Å². The van der Waals surface area contributed by atoms with E-state index in [9.17, 15) is 27.5 Å². The van der Waals surface area contributed by atoms with Gasteiger partial charge in [0.15, 0.2) is 0 Å². The number of halogens is 2. The summed E-state index contributed by atoms with van der Waals surface area (Å²) in [6.45, 7) is 1.07. The number of carboxylic acid groups (broad SMARTS) is 1. The van der Waals surface area contributed by atoms with Gasteiger partial charge >= 0.3 is 5.97 Å². The van der Waals surface area contributed by atoms with Crippen LogP contribution in [-0.2, 0) is 10.0 Å². The Morgan fingerprint density at radius 3 is 2.36 bits per heavy atom. The van der Waals surface area contributed by atoms with Crippen LogP contribution in [-0.4, -0.2) is 43.4 Å². The predicted molar refractivity (Wildman–Crippen MR) is 101 cm³/mol. The number of hydrogen-bond acceptors (Lipinski definition) is 4. The molecule has 0 radical (unpaired) electrons. The van der Waals surface area contributed by atoms with Crippen LogP contribution in [0.4, 0.5) is 10.1 Å². The number of nitrogens with one attached hydrogen (secondary N) is 1. The SMILES string of the molecule is O=C(O)c1cc(Cl)ccc1NS(=O)(=O)c1ccc(C(=O)N2CCCC2)c(F)c1. The van der Waals surface area contributed by atoms with E-state index in [2.05, 4.69) is 4.72 Å². The Kier molecular flexibility index (Phi) is 5.57. The molecule has 0 saturated carbocycles. The number of rotatable bonds is 5. The average molecular weight is 427 g/mol. The smallest absolute Gasteiger partial charge is 0.337 e. The third-order valence-corrected chi connectivity index (χ3v) is 5.93. The molecule has 1 saturated heterocycles. The van der Waals surface area contributed by atoms with Gasteiger partial charge in [-0.15, -0.1) is 0 Å². The van der Waals surface area contributed by atoms with E-state index in [-0.39, 0.29) is 21.8 Å². The van der Waals surface area contributed by atoms with E-state index in [0.29, 0.717) is 13.1 Å². The number of amides is 1. The maximum atomic E-state index is 14.4. The van der Waals surface area contributed by atoms with Crippen molar-refractivity contribution in [2.75, 3.05) is 17.8 Å². The largest absolute Gasteiger partial charge is 0.478 e. The van der Waals surface area contributed by atoms with Gasteiger partial charge in [0, 0.05) is 18.1 Å². The second-order valence-electron chi connectivity index (χ2n) is 6.24. The minimum absolute atomic E-state index is 0.121. The van der Waals surface area contributed by atoms with E-state index in [0.717, 1.165) is 37.1 Å². The summed E-state index contributed by atoms with van der Waals surface area (Å²) >= 11 is 5.74. The Balaban J connectivity index is 1.90. The molecule has 0 atom stereocenters. The molecule has 1 fully saturated rings. The van der Waals surface area contributed by atoms with Gasteiger partial charge in [0.2, 0.25) is 0 Å². The Labute approximate surface area is 165 Å². The second kappa shape index (κ2) is 7.76. The van der Waals surface area contributed by atoms with Crippen LogP contribution in [0.25, 0.3) is 0 Å². The lowest BCUT2D eigenvalue weighted by Crippen LogP contribution is -2.28. The fourth-order valence-electron chi connectivity index (χ4n) is 2.91. The number of nitrogens with zero attached hydrogens (tertiary/aromatic N) is 1. The molecule has 3 rings (SSSR count). The molecule has 0 aliphatic carbocycles. The molecule has 0 bridgehead atoms. The van der Waals surface area contributed by atoms with Gasteiger partial charge in [-0.1, -0.05) is 11.6 Å². The lowest BCUT2D eigenvalue weighted by Gasteiger charge is -2.16. The average Bonchev–Trinajstić information content (AvgIpc) is 3.17. The van der Waals surface area contributed by atoms with Crippen molar-refractivity contribution in [2.45, 2.75) is 17.7 Å². The molecular formula is C18H16ClFN2O5S. The molecule has 2 aromatic carbocycles. The molecule has 148 valence electrons. The highest BCUT2D eigenvalue weighted by Gasteiger charge is 2.25. The van der Waals surface area contributed by atoms with Crippen molar-refractivity contribution < 1.29 is 27.5 Å². The quantitative estimate of drug-likeness (QED) is 0.764. The number of anilines is 1. The van der Waals surface area contributed by atoms with Crippen LogP contribution in [0.5, 0.6) is 0 Å². The normalized spacial score (nSPS) is 14.1. The maximum absolute atomic E-state index is 14.4. The van der Waals surface area contributed by atoms with Crippen molar-refractivity contribution in [1.29, 1.82) is 0 Å². The van der Waals surface area contributed by atoms with Gasteiger partial charge in [-0.05, 0) is 49.2 Å². The van der Waals surface area contributed by atoms with Gasteiger partial charge in [0.05, 0.1) is 21.7 Å². The summed E-state index contributed by atoms with van der Waals surface area (Å²) in [7, 11) is -4.29. The first kappa shape index (κ1) is 20.1. The molecule has 1 aliphatic heterocycles. The van der Waals surface area contributed by atoms with E-state index < -0.39 is 32.6 Å². The van der Waals surface area contributed by atoms with Crippen LogP contribution < -0.4 is 4.72 Å². The molecular weight excluding hydrogens is 411 g/mol. The number of carbonyl (C=O) groups is 2. The van der Waals surface area contributed by atoms with E-state index in [1.165, 1.54) is 17.0 Å². The summed E-state index contributed by atoms with van der Waals surface area (Å²) in [5.41, 5.74) is -0.773. The fraction of sp³-hybridized carbons (Fsp3) is 0.222. The van der Waals surface area contributed by atoms with E-state index in [4.69, 9.17) is 11.6 Å². The zero-order valence-corrected chi connectivity index (χ0v) is 16.1.